The lowest BCUT2D eigenvalue weighted by Crippen LogP contribution is -2.60. The van der Waals surface area contributed by atoms with Crippen molar-refractivity contribution in [2.75, 3.05) is 27.8 Å². The predicted molar refractivity (Wildman–Crippen MR) is 89.3 cm³/mol. The number of Topliss-reactive ketones (excluding diaryl/α,β-unsaturated/α-hetero) is 1. The molecule has 0 saturated carbocycles. The lowest BCUT2D eigenvalue weighted by atomic mass is 9.53. The van der Waals surface area contributed by atoms with E-state index in [9.17, 15) is 9.90 Å². The summed E-state index contributed by atoms with van der Waals surface area (Å²) < 4.78 is 10.6. The Morgan fingerprint density at radius 2 is 2.08 bits per heavy atom. The highest BCUT2D eigenvalue weighted by Crippen LogP contribution is 2.57. The molecule has 0 amide bonds. The van der Waals surface area contributed by atoms with E-state index >= 15 is 0 Å². The molecule has 2 aliphatic carbocycles. The van der Waals surface area contributed by atoms with Crippen molar-refractivity contribution in [2.45, 2.75) is 30.7 Å². The Morgan fingerprint density at radius 3 is 2.79 bits per heavy atom. The molecule has 1 saturated heterocycles. The molecule has 1 unspecified atom stereocenters. The maximum absolute atomic E-state index is 12.6. The van der Waals surface area contributed by atoms with Crippen molar-refractivity contribution in [1.82, 2.24) is 4.90 Å². The molecule has 1 aliphatic heterocycles. The van der Waals surface area contributed by atoms with Crippen LogP contribution in [0.2, 0.25) is 0 Å². The number of nitrogens with zero attached hydrogens (tertiary/aromatic N) is 1. The lowest BCUT2D eigenvalue weighted by Gasteiger charge is -2.56. The number of likely N-dealkylation sites (N-methyl/N-ethyl adjacent to an activating group) is 1. The van der Waals surface area contributed by atoms with Crippen molar-refractivity contribution >= 4 is 5.78 Å². The fraction of sp³-hybridized carbons (Fsp3) is 0.526. The zero-order valence-electron chi connectivity index (χ0n) is 14.3. The van der Waals surface area contributed by atoms with Gasteiger partial charge in [0.15, 0.2) is 23.0 Å². The van der Waals surface area contributed by atoms with Crippen LogP contribution in [0.15, 0.2) is 24.0 Å². The van der Waals surface area contributed by atoms with Crippen LogP contribution in [0, 0.1) is 5.92 Å². The van der Waals surface area contributed by atoms with Gasteiger partial charge < -0.3 is 19.5 Å². The van der Waals surface area contributed by atoms with Gasteiger partial charge >= 0.3 is 0 Å². The Balaban J connectivity index is 1.97. The first-order chi connectivity index (χ1) is 11.5. The van der Waals surface area contributed by atoms with Crippen molar-refractivity contribution < 1.29 is 19.4 Å². The number of allylic oxidation sites excluding steroid dienone is 1. The van der Waals surface area contributed by atoms with E-state index in [2.05, 4.69) is 11.9 Å². The van der Waals surface area contributed by atoms with Crippen LogP contribution >= 0.6 is 0 Å². The third-order valence-corrected chi connectivity index (χ3v) is 6.21. The summed E-state index contributed by atoms with van der Waals surface area (Å²) in [7, 11) is 5.25. The van der Waals surface area contributed by atoms with Crippen LogP contribution in [0.4, 0.5) is 0 Å². The van der Waals surface area contributed by atoms with E-state index in [1.807, 2.05) is 18.2 Å². The maximum atomic E-state index is 12.6. The van der Waals surface area contributed by atoms with E-state index < -0.39 is 0 Å². The van der Waals surface area contributed by atoms with Gasteiger partial charge in [0.1, 0.15) is 0 Å². The van der Waals surface area contributed by atoms with Gasteiger partial charge in [0.2, 0.25) is 0 Å². The minimum absolute atomic E-state index is 0.0205. The van der Waals surface area contributed by atoms with Gasteiger partial charge in [0, 0.05) is 29.4 Å². The third-order valence-electron chi connectivity index (χ3n) is 6.21. The van der Waals surface area contributed by atoms with Gasteiger partial charge in [-0.15, -0.1) is 0 Å². The molecule has 1 N–H and O–H groups in total. The fourth-order valence-electron chi connectivity index (χ4n) is 5.03. The van der Waals surface area contributed by atoms with Crippen LogP contribution in [0.3, 0.4) is 0 Å². The van der Waals surface area contributed by atoms with Gasteiger partial charge in [-0.3, -0.25) is 4.79 Å². The Morgan fingerprint density at radius 1 is 1.29 bits per heavy atom. The quantitative estimate of drug-likeness (QED) is 0.899. The number of benzene rings is 1. The van der Waals surface area contributed by atoms with Gasteiger partial charge in [0.25, 0.3) is 0 Å². The Labute approximate surface area is 141 Å². The van der Waals surface area contributed by atoms with Crippen molar-refractivity contribution in [1.29, 1.82) is 0 Å². The average molecular weight is 329 g/mol. The Hall–Kier alpha value is -2.01. The van der Waals surface area contributed by atoms with E-state index in [1.165, 1.54) is 0 Å². The molecule has 1 aromatic carbocycles. The summed E-state index contributed by atoms with van der Waals surface area (Å²) in [5, 5.41) is 10.9. The molecule has 1 heterocycles. The molecule has 24 heavy (non-hydrogen) atoms. The number of ketones is 1. The predicted octanol–water partition coefficient (Wildman–Crippen LogP) is 2.02. The van der Waals surface area contributed by atoms with E-state index in [1.54, 1.807) is 14.2 Å². The number of ether oxygens (including phenoxy) is 2. The smallest absolute Gasteiger partial charge is 0.197 e. The number of methoxy groups -OCH3 is 2. The van der Waals surface area contributed by atoms with Crippen LogP contribution in [-0.4, -0.2) is 49.6 Å². The lowest BCUT2D eigenvalue weighted by molar-refractivity contribution is -0.122. The highest BCUT2D eigenvalue weighted by Gasteiger charge is 2.56. The van der Waals surface area contributed by atoms with Gasteiger partial charge in [-0.25, -0.2) is 0 Å². The van der Waals surface area contributed by atoms with Gasteiger partial charge in [-0.05, 0) is 44.1 Å². The molecule has 5 heteroatoms. The summed E-state index contributed by atoms with van der Waals surface area (Å²) in [6.45, 7) is 0.917. The first kappa shape index (κ1) is 15.5. The van der Waals surface area contributed by atoms with E-state index in [-0.39, 0.29) is 22.9 Å². The molecule has 1 aromatic rings. The molecule has 0 aromatic heterocycles. The topological polar surface area (TPSA) is 59.0 Å². The van der Waals surface area contributed by atoms with Crippen molar-refractivity contribution in [3.05, 3.63) is 35.1 Å². The number of carbonyl (C=O) groups is 1. The molecule has 1 fully saturated rings. The number of likely N-dealkylation sites (tertiary alicyclic amines) is 1. The minimum atomic E-state index is -0.359. The summed E-state index contributed by atoms with van der Waals surface area (Å²) in [5.41, 5.74) is 1.68. The Bertz CT molecular complexity index is 741. The van der Waals surface area contributed by atoms with Crippen molar-refractivity contribution in [3.8, 4) is 11.5 Å². The second-order valence-electron chi connectivity index (χ2n) is 7.17. The number of rotatable bonds is 2. The summed E-state index contributed by atoms with van der Waals surface area (Å²) in [6, 6.07) is 4.18. The number of aromatic hydroxyl groups is 1. The summed E-state index contributed by atoms with van der Waals surface area (Å²) in [5.74, 6) is 1.32. The highest BCUT2D eigenvalue weighted by molar-refractivity contribution is 5.96. The molecular weight excluding hydrogens is 306 g/mol. The van der Waals surface area contributed by atoms with Crippen molar-refractivity contribution in [3.63, 3.8) is 0 Å². The van der Waals surface area contributed by atoms with Crippen LogP contribution in [0.25, 0.3) is 0 Å². The average Bonchev–Trinajstić information content (AvgIpc) is 2.57. The zero-order valence-corrected chi connectivity index (χ0v) is 14.3. The standard InChI is InChI=1S/C19H23NO4/c1-20-7-6-19-10-14(21)16(24-3)9-12(19)13(20)8-11-4-5-15(23-2)18(22)17(11)19/h4-5,9,12-13,22H,6-8,10H2,1-3H3/t12-,13?,19+/m0/s1. The zero-order chi connectivity index (χ0) is 17.1. The largest absolute Gasteiger partial charge is 0.504 e. The minimum Gasteiger partial charge on any atom is -0.504 e. The summed E-state index contributed by atoms with van der Waals surface area (Å²) >= 11 is 0. The number of carbonyl (C=O) groups excluding carboxylic acids is 1. The maximum Gasteiger partial charge on any atom is 0.197 e. The van der Waals surface area contributed by atoms with E-state index in [0.717, 1.165) is 30.5 Å². The van der Waals surface area contributed by atoms with Crippen LogP contribution in [-0.2, 0) is 21.4 Å². The number of phenols is 1. The first-order valence-corrected chi connectivity index (χ1v) is 8.40. The molecule has 4 rings (SSSR count). The normalized spacial score (nSPS) is 31.8. The molecule has 5 nitrogen and oxygen atoms in total. The summed E-state index contributed by atoms with van der Waals surface area (Å²) in [4.78, 5) is 15.0. The van der Waals surface area contributed by atoms with Gasteiger partial charge in [-0.2, -0.15) is 0 Å². The monoisotopic (exact) mass is 329 g/mol. The molecule has 2 bridgehead atoms. The number of fused-ring (bicyclic) bond motifs is 1. The molecule has 3 aliphatic rings. The molecule has 3 atom stereocenters. The summed E-state index contributed by atoms with van der Waals surface area (Å²) in [6.07, 6.45) is 4.08. The van der Waals surface area contributed by atoms with Crippen LogP contribution in [0.5, 0.6) is 11.5 Å². The Kier molecular flexibility index (Phi) is 3.39. The number of hydrogen-bond acceptors (Lipinski definition) is 5. The molecule has 0 radical (unpaired) electrons. The molecule has 128 valence electrons. The van der Waals surface area contributed by atoms with Gasteiger partial charge in [0.05, 0.1) is 14.2 Å². The highest BCUT2D eigenvalue weighted by atomic mass is 16.5. The van der Waals surface area contributed by atoms with Crippen LogP contribution < -0.4 is 4.74 Å². The SMILES string of the molecule is COC1=C[C@H]2C3Cc4ccc(OC)c(O)c4[C@]2(CCN3C)CC1=O. The first-order valence-electron chi connectivity index (χ1n) is 8.40. The molecule has 0 spiro atoms. The number of phenolic OH excluding ortho intramolecular Hbond substituents is 1. The number of piperidine rings is 1. The van der Waals surface area contributed by atoms with Crippen molar-refractivity contribution in [2.24, 2.45) is 5.92 Å². The number of hydrogen-bond donors (Lipinski definition) is 1. The molecular formula is C19H23NO4. The van der Waals surface area contributed by atoms with Gasteiger partial charge in [-0.1, -0.05) is 6.07 Å². The second-order valence-corrected chi connectivity index (χ2v) is 7.17. The van der Waals surface area contributed by atoms with E-state index in [0.29, 0.717) is 24.0 Å². The second kappa shape index (κ2) is 5.24. The fourth-order valence-corrected chi connectivity index (χ4v) is 5.03. The van der Waals surface area contributed by atoms with Crippen LogP contribution in [0.1, 0.15) is 24.0 Å². The van der Waals surface area contributed by atoms with E-state index in [4.69, 9.17) is 9.47 Å². The third kappa shape index (κ3) is 1.88.